The van der Waals surface area contributed by atoms with Gasteiger partial charge in [0.2, 0.25) is 0 Å². The summed E-state index contributed by atoms with van der Waals surface area (Å²) < 4.78 is 23.2. The highest BCUT2D eigenvalue weighted by atomic mass is 35.5. The molecular formula is C12H16ClNO4S. The van der Waals surface area contributed by atoms with Crippen molar-refractivity contribution in [1.82, 2.24) is 0 Å². The molecule has 1 aromatic rings. The topological polar surface area (TPSA) is 77.3 Å². The van der Waals surface area contributed by atoms with Crippen molar-refractivity contribution in [3.63, 3.8) is 0 Å². The molecule has 0 aliphatic carbocycles. The first-order chi connectivity index (χ1) is 8.64. The number of halogens is 1. The van der Waals surface area contributed by atoms with Gasteiger partial charge in [-0.05, 0) is 18.4 Å². The van der Waals surface area contributed by atoms with Gasteiger partial charge >= 0.3 is 0 Å². The Morgan fingerprint density at radius 2 is 1.95 bits per heavy atom. The molecule has 0 aliphatic rings. The summed E-state index contributed by atoms with van der Waals surface area (Å²) in [4.78, 5) is 10.2. The average Bonchev–Trinajstić information content (AvgIpc) is 2.26. The molecule has 0 aromatic heterocycles. The van der Waals surface area contributed by atoms with E-state index < -0.39 is 14.8 Å². The first kappa shape index (κ1) is 15.9. The van der Waals surface area contributed by atoms with Crippen LogP contribution in [0.3, 0.4) is 0 Å². The standard InChI is InChI=1S/C12H16ClNO4S/c1-8(2)10(13)7-9-5-4-6-11(19(3,17)18)12(9)14(15)16/h4-6,8,10H,7H2,1-3H3. The maximum atomic E-state index is 11.6. The molecule has 1 unspecified atom stereocenters. The van der Waals surface area contributed by atoms with Gasteiger partial charge < -0.3 is 0 Å². The van der Waals surface area contributed by atoms with Crippen molar-refractivity contribution in [3.05, 3.63) is 33.9 Å². The molecule has 0 bridgehead atoms. The second kappa shape index (κ2) is 5.88. The van der Waals surface area contributed by atoms with Gasteiger partial charge in [-0.15, -0.1) is 11.6 Å². The Morgan fingerprint density at radius 3 is 2.37 bits per heavy atom. The zero-order chi connectivity index (χ0) is 14.8. The van der Waals surface area contributed by atoms with Crippen LogP contribution >= 0.6 is 11.6 Å². The van der Waals surface area contributed by atoms with Gasteiger partial charge in [-0.3, -0.25) is 10.1 Å². The number of nitrogens with zero attached hydrogens (tertiary/aromatic N) is 1. The van der Waals surface area contributed by atoms with Crippen LogP contribution in [-0.4, -0.2) is 25.0 Å². The van der Waals surface area contributed by atoms with Crippen molar-refractivity contribution in [2.75, 3.05) is 6.26 Å². The monoisotopic (exact) mass is 305 g/mol. The number of benzene rings is 1. The number of rotatable bonds is 5. The van der Waals surface area contributed by atoms with Gasteiger partial charge in [0, 0.05) is 17.2 Å². The third-order valence-corrected chi connectivity index (χ3v) is 4.59. The quantitative estimate of drug-likeness (QED) is 0.476. The van der Waals surface area contributed by atoms with Crippen molar-refractivity contribution in [1.29, 1.82) is 0 Å². The van der Waals surface area contributed by atoms with Gasteiger partial charge in [-0.2, -0.15) is 0 Å². The number of nitro benzene ring substituents is 1. The van der Waals surface area contributed by atoms with Crippen LogP contribution in [-0.2, 0) is 16.3 Å². The van der Waals surface area contributed by atoms with Crippen LogP contribution in [0.5, 0.6) is 0 Å². The number of hydrogen-bond acceptors (Lipinski definition) is 4. The van der Waals surface area contributed by atoms with E-state index in [1.807, 2.05) is 13.8 Å². The molecule has 106 valence electrons. The average molecular weight is 306 g/mol. The molecule has 0 amide bonds. The van der Waals surface area contributed by atoms with E-state index in [1.54, 1.807) is 6.07 Å². The fourth-order valence-electron chi connectivity index (χ4n) is 1.68. The molecule has 1 rings (SSSR count). The van der Waals surface area contributed by atoms with Crippen LogP contribution in [0.2, 0.25) is 0 Å². The zero-order valence-electron chi connectivity index (χ0n) is 11.0. The Morgan fingerprint density at radius 1 is 1.37 bits per heavy atom. The Bertz CT molecular complexity index is 583. The number of sulfone groups is 1. The van der Waals surface area contributed by atoms with E-state index in [4.69, 9.17) is 11.6 Å². The fourth-order valence-corrected chi connectivity index (χ4v) is 2.73. The summed E-state index contributed by atoms with van der Waals surface area (Å²) in [5, 5.41) is 10.9. The van der Waals surface area contributed by atoms with Crippen LogP contribution in [0.4, 0.5) is 5.69 Å². The highest BCUT2D eigenvalue weighted by Crippen LogP contribution is 2.30. The summed E-state index contributed by atoms with van der Waals surface area (Å²) in [5.74, 6) is 0.142. The van der Waals surface area contributed by atoms with Crippen LogP contribution in [0.25, 0.3) is 0 Å². The maximum absolute atomic E-state index is 11.6. The number of alkyl halides is 1. The smallest absolute Gasteiger partial charge is 0.258 e. The molecular weight excluding hydrogens is 290 g/mol. The lowest BCUT2D eigenvalue weighted by atomic mass is 10.0. The predicted molar refractivity (Wildman–Crippen MR) is 74.4 cm³/mol. The van der Waals surface area contributed by atoms with Crippen molar-refractivity contribution < 1.29 is 13.3 Å². The third kappa shape index (κ3) is 3.91. The van der Waals surface area contributed by atoms with Crippen LogP contribution in [0.1, 0.15) is 19.4 Å². The van der Waals surface area contributed by atoms with E-state index in [2.05, 4.69) is 0 Å². The summed E-state index contributed by atoms with van der Waals surface area (Å²) in [6.45, 7) is 3.81. The third-order valence-electron chi connectivity index (χ3n) is 2.80. The minimum Gasteiger partial charge on any atom is -0.258 e. The van der Waals surface area contributed by atoms with Crippen LogP contribution < -0.4 is 0 Å². The zero-order valence-corrected chi connectivity index (χ0v) is 12.5. The molecule has 0 N–H and O–H groups in total. The molecule has 19 heavy (non-hydrogen) atoms. The molecule has 0 aliphatic heterocycles. The van der Waals surface area contributed by atoms with Gasteiger partial charge in [0.1, 0.15) is 4.90 Å². The minimum atomic E-state index is -3.64. The summed E-state index contributed by atoms with van der Waals surface area (Å²) in [5.41, 5.74) is -0.0158. The maximum Gasteiger partial charge on any atom is 0.291 e. The molecule has 5 nitrogen and oxygen atoms in total. The Kier molecular flexibility index (Phi) is 4.92. The lowest BCUT2D eigenvalue weighted by molar-refractivity contribution is -0.388. The van der Waals surface area contributed by atoms with E-state index in [9.17, 15) is 18.5 Å². The Hall–Kier alpha value is -1.14. The number of para-hydroxylation sites is 1. The molecule has 0 radical (unpaired) electrons. The van der Waals surface area contributed by atoms with Gasteiger partial charge in [0.15, 0.2) is 9.84 Å². The lowest BCUT2D eigenvalue weighted by Crippen LogP contribution is -2.14. The van der Waals surface area contributed by atoms with Crippen LogP contribution in [0.15, 0.2) is 23.1 Å². The van der Waals surface area contributed by atoms with Crippen molar-refractivity contribution in [2.45, 2.75) is 30.5 Å². The normalized spacial score (nSPS) is 13.5. The molecule has 1 atom stereocenters. The van der Waals surface area contributed by atoms with Gasteiger partial charge in [-0.1, -0.05) is 26.0 Å². The van der Waals surface area contributed by atoms with E-state index in [1.165, 1.54) is 12.1 Å². The molecule has 0 saturated carbocycles. The van der Waals surface area contributed by atoms with Crippen molar-refractivity contribution in [2.24, 2.45) is 5.92 Å². The molecule has 1 aromatic carbocycles. The first-order valence-electron chi connectivity index (χ1n) is 5.75. The molecule has 7 heteroatoms. The number of nitro groups is 1. The second-order valence-electron chi connectivity index (χ2n) is 4.76. The number of hydrogen-bond donors (Lipinski definition) is 0. The summed E-state index contributed by atoms with van der Waals surface area (Å²) in [7, 11) is -3.64. The minimum absolute atomic E-state index is 0.142. The van der Waals surface area contributed by atoms with E-state index >= 15 is 0 Å². The largest absolute Gasteiger partial charge is 0.291 e. The molecule has 0 saturated heterocycles. The van der Waals surface area contributed by atoms with E-state index in [0.29, 0.717) is 5.56 Å². The second-order valence-corrected chi connectivity index (χ2v) is 7.30. The van der Waals surface area contributed by atoms with Crippen molar-refractivity contribution in [3.8, 4) is 0 Å². The predicted octanol–water partition coefficient (Wildman–Crippen LogP) is 2.80. The first-order valence-corrected chi connectivity index (χ1v) is 8.07. The van der Waals surface area contributed by atoms with Gasteiger partial charge in [-0.25, -0.2) is 8.42 Å². The molecule has 0 fully saturated rings. The molecule has 0 spiro atoms. The van der Waals surface area contributed by atoms with Crippen molar-refractivity contribution >= 4 is 27.1 Å². The van der Waals surface area contributed by atoms with Gasteiger partial charge in [0.05, 0.1) is 4.92 Å². The Labute approximate surface area is 117 Å². The van der Waals surface area contributed by atoms with Gasteiger partial charge in [0.25, 0.3) is 5.69 Å². The highest BCUT2D eigenvalue weighted by molar-refractivity contribution is 7.90. The fraction of sp³-hybridized carbons (Fsp3) is 0.500. The highest BCUT2D eigenvalue weighted by Gasteiger charge is 2.27. The summed E-state index contributed by atoms with van der Waals surface area (Å²) in [6, 6.07) is 4.29. The SMILES string of the molecule is CC(C)C(Cl)Cc1cccc(S(C)(=O)=O)c1[N+](=O)[O-]. The van der Waals surface area contributed by atoms with Crippen LogP contribution in [0, 0.1) is 16.0 Å². The summed E-state index contributed by atoms with van der Waals surface area (Å²) in [6.07, 6.45) is 1.22. The van der Waals surface area contributed by atoms with E-state index in [-0.39, 0.29) is 28.3 Å². The Balaban J connectivity index is 3.38. The summed E-state index contributed by atoms with van der Waals surface area (Å²) >= 11 is 6.12. The van der Waals surface area contributed by atoms with E-state index in [0.717, 1.165) is 6.26 Å². The molecule has 0 heterocycles. The lowest BCUT2D eigenvalue weighted by Gasteiger charge is -2.14.